The van der Waals surface area contributed by atoms with Crippen LogP contribution in [0.25, 0.3) is 0 Å². The number of carbonyl (C=O) groups is 4. The van der Waals surface area contributed by atoms with Crippen LogP contribution in [0.1, 0.15) is 510 Å². The molecule has 0 radical (unpaired) electrons. The van der Waals surface area contributed by atoms with Crippen LogP contribution in [0.2, 0.25) is 0 Å². The van der Waals surface area contributed by atoms with Crippen LogP contribution in [0.3, 0.4) is 0 Å². The SMILES string of the molecule is CCCCCCCCCCCCCCCCCCCCCCC(=O)OC[C@H](COP(=O)(O)OC[C@@H](O)COP(=O)(O)OC[C@@H](COC(=O)CCCCCCCCCCCCCCC)OC(=O)CCCCCCCCCCCCCCCCCCC(C)C)OC(=O)CCCCCCCCCCCCCCCCCCCCCC. The standard InChI is InChI=1S/C93H182O17P2/c1-6-9-12-15-18-21-24-27-29-31-33-35-37-42-47-52-57-62-67-72-77-91(96)104-83-89(110-92(97)78-73-68-63-58-53-48-43-38-36-34-32-30-28-25-22-19-16-13-10-7-2)85-108-112(101,102)106-81-87(94)80-105-111(99,100)107-84-88(82-103-90(95)76-71-66-61-56-51-45-26-23-20-17-14-11-8-3)109-93(98)79-74-69-64-59-54-49-44-40-39-41-46-50-55-60-65-70-75-86(4)5/h86-89,94H,6-85H2,1-5H3,(H,99,100)(H,101,102)/t87-,88+,89+/m0/s1. The second kappa shape index (κ2) is 85.5. The minimum atomic E-state index is -4.97. The number of phosphoric acid groups is 2. The van der Waals surface area contributed by atoms with Crippen molar-refractivity contribution in [3.05, 3.63) is 0 Å². The summed E-state index contributed by atoms with van der Waals surface area (Å²) in [5, 5.41) is 10.7. The highest BCUT2D eigenvalue weighted by Crippen LogP contribution is 2.45. The minimum absolute atomic E-state index is 0.109. The van der Waals surface area contributed by atoms with Gasteiger partial charge in [0, 0.05) is 25.7 Å². The molecule has 0 saturated heterocycles. The van der Waals surface area contributed by atoms with Crippen molar-refractivity contribution in [2.45, 2.75) is 528 Å². The molecule has 0 aliphatic heterocycles. The van der Waals surface area contributed by atoms with Crippen molar-refractivity contribution in [1.29, 1.82) is 0 Å². The van der Waals surface area contributed by atoms with Crippen molar-refractivity contribution in [2.24, 2.45) is 5.92 Å². The van der Waals surface area contributed by atoms with Gasteiger partial charge in [0.2, 0.25) is 0 Å². The summed E-state index contributed by atoms with van der Waals surface area (Å²) >= 11 is 0. The van der Waals surface area contributed by atoms with E-state index >= 15 is 0 Å². The second-order valence-corrected chi connectivity index (χ2v) is 36.8. The molecule has 2 unspecified atom stereocenters. The molecule has 666 valence electrons. The fourth-order valence-electron chi connectivity index (χ4n) is 14.7. The Labute approximate surface area is 689 Å². The van der Waals surface area contributed by atoms with Gasteiger partial charge in [0.15, 0.2) is 12.2 Å². The predicted molar refractivity (Wildman–Crippen MR) is 465 cm³/mol. The van der Waals surface area contributed by atoms with E-state index in [0.717, 1.165) is 95.8 Å². The lowest BCUT2D eigenvalue weighted by Crippen LogP contribution is -2.30. The molecule has 0 aliphatic rings. The van der Waals surface area contributed by atoms with E-state index in [1.54, 1.807) is 0 Å². The lowest BCUT2D eigenvalue weighted by molar-refractivity contribution is -0.161. The van der Waals surface area contributed by atoms with Gasteiger partial charge in [-0.25, -0.2) is 9.13 Å². The number of hydrogen-bond acceptors (Lipinski definition) is 15. The number of ether oxygens (including phenoxy) is 4. The molecule has 0 amide bonds. The summed E-state index contributed by atoms with van der Waals surface area (Å²) in [6.45, 7) is 7.44. The number of aliphatic hydroxyl groups excluding tert-OH is 1. The first-order valence-corrected chi connectivity index (χ1v) is 51.1. The number of rotatable bonds is 93. The van der Waals surface area contributed by atoms with Gasteiger partial charge in [-0.15, -0.1) is 0 Å². The van der Waals surface area contributed by atoms with Crippen molar-refractivity contribution in [2.75, 3.05) is 39.6 Å². The fourth-order valence-corrected chi connectivity index (χ4v) is 16.3. The average molecular weight is 1630 g/mol. The predicted octanol–water partition coefficient (Wildman–Crippen LogP) is 29.1. The fraction of sp³-hybridized carbons (Fsp3) is 0.957. The molecule has 5 atom stereocenters. The Morgan fingerprint density at radius 1 is 0.241 bits per heavy atom. The number of carbonyl (C=O) groups excluding carboxylic acids is 4. The molecule has 0 fully saturated rings. The van der Waals surface area contributed by atoms with Crippen LogP contribution in [-0.4, -0.2) is 96.7 Å². The van der Waals surface area contributed by atoms with Gasteiger partial charge in [-0.1, -0.05) is 458 Å². The van der Waals surface area contributed by atoms with Gasteiger partial charge >= 0.3 is 39.5 Å². The van der Waals surface area contributed by atoms with E-state index in [1.165, 1.54) is 334 Å². The molecule has 0 saturated carbocycles. The zero-order valence-electron chi connectivity index (χ0n) is 73.8. The van der Waals surface area contributed by atoms with Crippen molar-refractivity contribution in [1.82, 2.24) is 0 Å². The Hall–Kier alpha value is -1.94. The van der Waals surface area contributed by atoms with E-state index in [2.05, 4.69) is 34.6 Å². The molecule has 3 N–H and O–H groups in total. The van der Waals surface area contributed by atoms with Crippen LogP contribution >= 0.6 is 15.6 Å². The molecule has 0 aromatic carbocycles. The maximum atomic E-state index is 13.2. The number of phosphoric ester groups is 2. The zero-order valence-corrected chi connectivity index (χ0v) is 75.6. The first-order chi connectivity index (χ1) is 54.5. The lowest BCUT2D eigenvalue weighted by atomic mass is 10.0. The van der Waals surface area contributed by atoms with Crippen LogP contribution < -0.4 is 0 Å². The van der Waals surface area contributed by atoms with Gasteiger partial charge in [0.1, 0.15) is 19.3 Å². The van der Waals surface area contributed by atoms with Gasteiger partial charge in [-0.05, 0) is 31.6 Å². The average Bonchev–Trinajstić information content (AvgIpc) is 0.903. The highest BCUT2D eigenvalue weighted by molar-refractivity contribution is 7.47. The first-order valence-electron chi connectivity index (χ1n) is 48.1. The first kappa shape index (κ1) is 110. The molecule has 0 bridgehead atoms. The molecule has 0 aromatic rings. The van der Waals surface area contributed by atoms with Gasteiger partial charge in [-0.2, -0.15) is 0 Å². The Morgan fingerprint density at radius 3 is 0.607 bits per heavy atom. The molecule has 0 heterocycles. The second-order valence-electron chi connectivity index (χ2n) is 33.9. The van der Waals surface area contributed by atoms with E-state index in [0.29, 0.717) is 25.7 Å². The van der Waals surface area contributed by atoms with E-state index in [4.69, 9.17) is 37.0 Å². The molecule has 0 spiro atoms. The maximum absolute atomic E-state index is 13.2. The Balaban J connectivity index is 5.25. The summed E-state index contributed by atoms with van der Waals surface area (Å²) in [6, 6.07) is 0. The van der Waals surface area contributed by atoms with Gasteiger partial charge < -0.3 is 33.8 Å². The summed E-state index contributed by atoms with van der Waals surface area (Å²) in [4.78, 5) is 73.5. The smallest absolute Gasteiger partial charge is 0.462 e. The quantitative estimate of drug-likeness (QED) is 0.0222. The van der Waals surface area contributed by atoms with Gasteiger partial charge in [-0.3, -0.25) is 37.3 Å². The molecule has 19 heteroatoms. The topological polar surface area (TPSA) is 237 Å². The van der Waals surface area contributed by atoms with Crippen molar-refractivity contribution < 1.29 is 80.2 Å². The highest BCUT2D eigenvalue weighted by atomic mass is 31.2. The molecule has 0 rings (SSSR count). The zero-order chi connectivity index (χ0) is 81.8. The summed E-state index contributed by atoms with van der Waals surface area (Å²) in [6.07, 6.45) is 82.0. The monoisotopic (exact) mass is 1630 g/mol. The Morgan fingerprint density at radius 2 is 0.411 bits per heavy atom. The molecule has 17 nitrogen and oxygen atoms in total. The Kier molecular flexibility index (Phi) is 84.0. The van der Waals surface area contributed by atoms with Crippen LogP contribution in [-0.2, 0) is 65.4 Å². The van der Waals surface area contributed by atoms with Gasteiger partial charge in [0.05, 0.1) is 26.4 Å². The molecule has 0 aromatic heterocycles. The summed E-state index contributed by atoms with van der Waals surface area (Å²) in [5.74, 6) is -1.28. The van der Waals surface area contributed by atoms with Crippen molar-refractivity contribution >= 4 is 39.5 Å². The van der Waals surface area contributed by atoms with Crippen molar-refractivity contribution in [3.8, 4) is 0 Å². The molecular weight excluding hydrogens is 1450 g/mol. The number of esters is 4. The summed E-state index contributed by atoms with van der Waals surface area (Å²) < 4.78 is 69.2. The van der Waals surface area contributed by atoms with E-state index in [9.17, 15) is 43.2 Å². The largest absolute Gasteiger partial charge is 0.472 e. The van der Waals surface area contributed by atoms with Crippen LogP contribution in [0, 0.1) is 5.92 Å². The van der Waals surface area contributed by atoms with E-state index in [-0.39, 0.29) is 25.7 Å². The summed E-state index contributed by atoms with van der Waals surface area (Å²) in [5.41, 5.74) is 0. The van der Waals surface area contributed by atoms with Crippen LogP contribution in [0.5, 0.6) is 0 Å². The molecule has 112 heavy (non-hydrogen) atoms. The van der Waals surface area contributed by atoms with Crippen molar-refractivity contribution in [3.63, 3.8) is 0 Å². The Bertz CT molecular complexity index is 2120. The molecule has 0 aliphatic carbocycles. The van der Waals surface area contributed by atoms with Crippen LogP contribution in [0.4, 0.5) is 0 Å². The number of hydrogen-bond donors (Lipinski definition) is 3. The minimum Gasteiger partial charge on any atom is -0.462 e. The lowest BCUT2D eigenvalue weighted by Gasteiger charge is -2.21. The summed E-state index contributed by atoms with van der Waals surface area (Å²) in [7, 11) is -9.94. The van der Waals surface area contributed by atoms with Crippen LogP contribution in [0.15, 0.2) is 0 Å². The third-order valence-electron chi connectivity index (χ3n) is 22.0. The van der Waals surface area contributed by atoms with Gasteiger partial charge in [0.25, 0.3) is 0 Å². The maximum Gasteiger partial charge on any atom is 0.472 e. The van der Waals surface area contributed by atoms with E-state index in [1.807, 2.05) is 0 Å². The normalized spacial score (nSPS) is 13.7. The third kappa shape index (κ3) is 85.9. The highest BCUT2D eigenvalue weighted by Gasteiger charge is 2.31. The number of aliphatic hydroxyl groups is 1. The number of unbranched alkanes of at least 4 members (excludes halogenated alkanes) is 65. The van der Waals surface area contributed by atoms with E-state index < -0.39 is 97.5 Å². The third-order valence-corrected chi connectivity index (χ3v) is 23.9. The molecular formula is C93H182O17P2.